The lowest BCUT2D eigenvalue weighted by molar-refractivity contribution is 0.394. The van der Waals surface area contributed by atoms with Crippen molar-refractivity contribution in [3.8, 4) is 34.5 Å². The Balaban J connectivity index is 2.46. The molecule has 230 valence electrons. The molecule has 0 amide bonds. The van der Waals surface area contributed by atoms with Crippen molar-refractivity contribution in [1.29, 1.82) is 0 Å². The molecular weight excluding hydrogens is 556 g/mol. The molecule has 0 fully saturated rings. The molecule has 43 heavy (non-hydrogen) atoms. The highest BCUT2D eigenvalue weighted by Gasteiger charge is 2.54. The highest BCUT2D eigenvalue weighted by molar-refractivity contribution is 7.18. The molecule has 1 aliphatic rings. The van der Waals surface area contributed by atoms with Crippen molar-refractivity contribution >= 4 is 23.6 Å². The van der Waals surface area contributed by atoms with Gasteiger partial charge in [0.1, 0.15) is 34.5 Å². The van der Waals surface area contributed by atoms with Crippen LogP contribution in [0.15, 0.2) is 58.3 Å². The molecule has 3 aromatic rings. The lowest BCUT2D eigenvalue weighted by atomic mass is 10.1. The Morgan fingerprint density at radius 3 is 1.02 bits per heavy atom. The standard InChI is InChI=1S/C36H46O6Si/c1-20-14-27(37-8)17-30(40-11)33(20)43(36-25(6)23(4)24(5)26(36)7,34-21(2)15-28(38-9)18-31(34)41-12)35-22(3)16-29(39-10)19-32(35)42-13/h14-19,25H,1-13H3. The molecule has 6 nitrogen and oxygen atoms in total. The lowest BCUT2D eigenvalue weighted by Crippen LogP contribution is -2.72. The Kier molecular flexibility index (Phi) is 9.26. The van der Waals surface area contributed by atoms with Gasteiger partial charge in [-0.15, -0.1) is 0 Å². The van der Waals surface area contributed by atoms with E-state index in [2.05, 4.69) is 66.7 Å². The van der Waals surface area contributed by atoms with E-state index in [1.807, 2.05) is 18.2 Å². The van der Waals surface area contributed by atoms with Gasteiger partial charge in [0.2, 0.25) is 0 Å². The fourth-order valence-corrected chi connectivity index (χ4v) is 14.0. The zero-order valence-electron chi connectivity index (χ0n) is 28.0. The summed E-state index contributed by atoms with van der Waals surface area (Å²) in [6.07, 6.45) is 0. The molecule has 0 N–H and O–H groups in total. The Hall–Kier alpha value is -3.84. The first-order valence-corrected chi connectivity index (χ1v) is 16.5. The maximum absolute atomic E-state index is 6.31. The Morgan fingerprint density at radius 1 is 0.465 bits per heavy atom. The van der Waals surface area contributed by atoms with Gasteiger partial charge in [-0.1, -0.05) is 23.3 Å². The van der Waals surface area contributed by atoms with E-state index in [1.54, 1.807) is 42.7 Å². The maximum Gasteiger partial charge on any atom is 0.190 e. The number of ether oxygens (including phenoxy) is 6. The van der Waals surface area contributed by atoms with Crippen LogP contribution in [0.3, 0.4) is 0 Å². The Morgan fingerprint density at radius 2 is 0.791 bits per heavy atom. The van der Waals surface area contributed by atoms with Crippen LogP contribution < -0.4 is 44.0 Å². The predicted molar refractivity (Wildman–Crippen MR) is 178 cm³/mol. The predicted octanol–water partition coefficient (Wildman–Crippen LogP) is 5.98. The molecule has 1 aliphatic carbocycles. The third kappa shape index (κ3) is 4.97. The molecule has 0 radical (unpaired) electrons. The topological polar surface area (TPSA) is 55.4 Å². The number of benzene rings is 3. The first-order valence-electron chi connectivity index (χ1n) is 14.5. The molecule has 0 aromatic heterocycles. The van der Waals surface area contributed by atoms with E-state index in [1.165, 1.54) is 21.9 Å². The monoisotopic (exact) mass is 602 g/mol. The van der Waals surface area contributed by atoms with E-state index in [0.717, 1.165) is 66.7 Å². The molecule has 1 unspecified atom stereocenters. The van der Waals surface area contributed by atoms with E-state index in [4.69, 9.17) is 28.4 Å². The maximum atomic E-state index is 6.31. The van der Waals surface area contributed by atoms with E-state index in [-0.39, 0.29) is 5.92 Å². The number of aryl methyl sites for hydroxylation is 3. The summed E-state index contributed by atoms with van der Waals surface area (Å²) in [5.74, 6) is 4.71. The highest BCUT2D eigenvalue weighted by Crippen LogP contribution is 2.45. The van der Waals surface area contributed by atoms with Gasteiger partial charge < -0.3 is 28.4 Å². The van der Waals surface area contributed by atoms with Gasteiger partial charge in [0, 0.05) is 18.2 Å². The molecular formula is C36H46O6Si. The van der Waals surface area contributed by atoms with Crippen LogP contribution in [0.5, 0.6) is 34.5 Å². The van der Waals surface area contributed by atoms with Gasteiger partial charge in [0.15, 0.2) is 8.07 Å². The van der Waals surface area contributed by atoms with Crippen LogP contribution in [-0.2, 0) is 0 Å². The van der Waals surface area contributed by atoms with E-state index in [0.29, 0.717) is 0 Å². The van der Waals surface area contributed by atoms with Gasteiger partial charge in [-0.25, -0.2) is 0 Å². The summed E-state index contributed by atoms with van der Waals surface area (Å²) in [4.78, 5) is 0. The molecule has 4 rings (SSSR count). The van der Waals surface area contributed by atoms with Crippen LogP contribution in [0.25, 0.3) is 0 Å². The van der Waals surface area contributed by atoms with Crippen LogP contribution in [0, 0.1) is 26.7 Å². The Labute approximate surface area is 258 Å². The first kappa shape index (κ1) is 32.1. The number of hydrogen-bond acceptors (Lipinski definition) is 6. The van der Waals surface area contributed by atoms with Crippen molar-refractivity contribution in [2.45, 2.75) is 48.5 Å². The summed E-state index contributed by atoms with van der Waals surface area (Å²) in [5, 5.41) is 4.79. The minimum absolute atomic E-state index is 0.162. The number of methoxy groups -OCH3 is 6. The average molecular weight is 603 g/mol. The van der Waals surface area contributed by atoms with Gasteiger partial charge in [0.25, 0.3) is 0 Å². The second-order valence-corrected chi connectivity index (χ2v) is 14.9. The number of rotatable bonds is 10. The molecule has 0 spiro atoms. The van der Waals surface area contributed by atoms with Crippen molar-refractivity contribution in [3.05, 3.63) is 75.0 Å². The van der Waals surface area contributed by atoms with Crippen molar-refractivity contribution in [2.75, 3.05) is 42.7 Å². The zero-order chi connectivity index (χ0) is 31.8. The van der Waals surface area contributed by atoms with E-state index in [9.17, 15) is 0 Å². The minimum atomic E-state index is -3.34. The van der Waals surface area contributed by atoms with Gasteiger partial charge in [-0.05, 0) is 103 Å². The third-order valence-corrected chi connectivity index (χ3v) is 15.1. The molecule has 1 atom stereocenters. The second-order valence-electron chi connectivity index (χ2n) is 11.4. The van der Waals surface area contributed by atoms with Crippen molar-refractivity contribution in [2.24, 2.45) is 5.92 Å². The smallest absolute Gasteiger partial charge is 0.190 e. The molecule has 3 aromatic carbocycles. The van der Waals surface area contributed by atoms with Crippen LogP contribution >= 0.6 is 0 Å². The molecule has 0 bridgehead atoms. The van der Waals surface area contributed by atoms with Crippen LogP contribution in [0.1, 0.15) is 44.4 Å². The van der Waals surface area contributed by atoms with Gasteiger partial charge in [-0.3, -0.25) is 0 Å². The van der Waals surface area contributed by atoms with Crippen LogP contribution in [0.4, 0.5) is 0 Å². The molecule has 0 saturated heterocycles. The van der Waals surface area contributed by atoms with E-state index >= 15 is 0 Å². The van der Waals surface area contributed by atoms with Crippen LogP contribution in [-0.4, -0.2) is 50.7 Å². The average Bonchev–Trinajstić information content (AvgIpc) is 3.20. The third-order valence-electron chi connectivity index (χ3n) is 9.35. The Bertz CT molecular complexity index is 1470. The SMILES string of the molecule is COc1cc(C)c([Si](C2=C(C)C(C)=C(C)C2C)(c2c(C)cc(OC)cc2OC)c2c(C)cc(OC)cc2OC)c(OC)c1. The molecule has 0 heterocycles. The summed E-state index contributed by atoms with van der Waals surface area (Å²) >= 11 is 0. The second kappa shape index (κ2) is 12.4. The van der Waals surface area contributed by atoms with Crippen LogP contribution in [0.2, 0.25) is 0 Å². The highest BCUT2D eigenvalue weighted by atomic mass is 28.3. The fraction of sp³-hybridized carbons (Fsp3) is 0.389. The van der Waals surface area contributed by atoms with Crippen molar-refractivity contribution in [1.82, 2.24) is 0 Å². The molecule has 0 aliphatic heterocycles. The number of hydrogen-bond donors (Lipinski definition) is 0. The summed E-state index contributed by atoms with van der Waals surface area (Å²) in [5.41, 5.74) is 7.21. The summed E-state index contributed by atoms with van der Waals surface area (Å²) in [6.45, 7) is 15.5. The summed E-state index contributed by atoms with van der Waals surface area (Å²) in [6, 6.07) is 12.3. The van der Waals surface area contributed by atoms with Crippen molar-refractivity contribution < 1.29 is 28.4 Å². The molecule has 0 saturated carbocycles. The number of allylic oxidation sites excluding steroid dienone is 4. The van der Waals surface area contributed by atoms with Crippen molar-refractivity contribution in [3.63, 3.8) is 0 Å². The summed E-state index contributed by atoms with van der Waals surface area (Å²) in [7, 11) is 6.94. The normalized spacial score (nSPS) is 15.1. The largest absolute Gasteiger partial charge is 0.497 e. The quantitative estimate of drug-likeness (QED) is 0.210. The first-order chi connectivity index (χ1) is 20.5. The van der Waals surface area contributed by atoms with Gasteiger partial charge in [-0.2, -0.15) is 0 Å². The fourth-order valence-electron chi connectivity index (χ4n) is 7.20. The van der Waals surface area contributed by atoms with Gasteiger partial charge in [0.05, 0.1) is 42.7 Å². The minimum Gasteiger partial charge on any atom is -0.497 e. The summed E-state index contributed by atoms with van der Waals surface area (Å²) < 4.78 is 36.2. The molecule has 7 heteroatoms. The van der Waals surface area contributed by atoms with E-state index < -0.39 is 8.07 Å². The zero-order valence-corrected chi connectivity index (χ0v) is 29.0. The lowest BCUT2D eigenvalue weighted by Gasteiger charge is -2.43. The van der Waals surface area contributed by atoms with Gasteiger partial charge >= 0.3 is 0 Å².